The predicted molar refractivity (Wildman–Crippen MR) is 129 cm³/mol. The molecule has 1 atom stereocenters. The van der Waals surface area contributed by atoms with E-state index in [1.807, 2.05) is 12.1 Å². The number of aryl methyl sites for hydroxylation is 1. The van der Waals surface area contributed by atoms with Gasteiger partial charge < -0.3 is 14.9 Å². The van der Waals surface area contributed by atoms with Crippen molar-refractivity contribution in [2.75, 3.05) is 10.9 Å². The van der Waals surface area contributed by atoms with Gasteiger partial charge in [-0.15, -0.1) is 0 Å². The van der Waals surface area contributed by atoms with Crippen molar-refractivity contribution in [1.29, 1.82) is 0 Å². The first-order chi connectivity index (χ1) is 16.4. The molecule has 1 amide bonds. The Balaban J connectivity index is 1.48. The molecule has 1 aliphatic heterocycles. The van der Waals surface area contributed by atoms with Crippen LogP contribution in [0.1, 0.15) is 17.5 Å². The van der Waals surface area contributed by atoms with Crippen LogP contribution in [0.15, 0.2) is 77.7 Å². The molecule has 0 aromatic heterocycles. The number of benzene rings is 3. The van der Waals surface area contributed by atoms with Gasteiger partial charge in [0.05, 0.1) is 16.6 Å². The fourth-order valence-corrected chi connectivity index (χ4v) is 5.68. The number of sulfonamides is 1. The van der Waals surface area contributed by atoms with Gasteiger partial charge in [0.25, 0.3) is 10.0 Å². The molecule has 3 N–H and O–H groups in total. The maximum atomic E-state index is 13.6. The summed E-state index contributed by atoms with van der Waals surface area (Å²) in [4.78, 5) is 17.1. The van der Waals surface area contributed by atoms with Crippen LogP contribution in [0.4, 0.5) is 10.5 Å². The average Bonchev–Trinajstić information content (AvgIpc) is 2.86. The van der Waals surface area contributed by atoms with Gasteiger partial charge in [-0.1, -0.05) is 41.9 Å². The monoisotopic (exact) mass is 501 g/mol. The fourth-order valence-electron chi connectivity index (χ4n) is 3.85. The summed E-state index contributed by atoms with van der Waals surface area (Å²) >= 11 is 5.95. The second-order valence-corrected chi connectivity index (χ2v) is 10.0. The topological polar surface area (TPSA) is 111 Å². The number of nitrogens with zero attached hydrogens (tertiary/aromatic N) is 1. The summed E-state index contributed by atoms with van der Waals surface area (Å²) in [5, 5.41) is 3.12. The van der Waals surface area contributed by atoms with Crippen LogP contribution >= 0.6 is 11.6 Å². The summed E-state index contributed by atoms with van der Waals surface area (Å²) in [5.74, 6) is 5.61. The number of amides is 1. The highest BCUT2D eigenvalue weighted by molar-refractivity contribution is 7.92. The molecule has 0 radical (unpaired) electrons. The number of para-hydroxylation sites is 1. The van der Waals surface area contributed by atoms with E-state index in [0.29, 0.717) is 29.3 Å². The minimum Gasteiger partial charge on any atom is -0.447 e. The number of hydrogen-bond acceptors (Lipinski definition) is 6. The standard InChI is InChI=1S/C24H24ClN3O5S/c25-19-8-13-22(14-9-19)34(30,31)28-20(10-7-18-3-1-2-4-23(18)28)16-32-24(29)27-15-17-5-11-21(33-26)12-6-17/h1-6,8-9,11-14,20H,7,10,15-16,26H2,(H,27,29). The van der Waals surface area contributed by atoms with E-state index in [1.165, 1.54) is 28.6 Å². The highest BCUT2D eigenvalue weighted by atomic mass is 35.5. The molecule has 0 saturated heterocycles. The summed E-state index contributed by atoms with van der Waals surface area (Å²) in [5.41, 5.74) is 2.34. The fraction of sp³-hybridized carbons (Fsp3) is 0.208. The number of carbonyl (C=O) groups is 1. The van der Waals surface area contributed by atoms with Gasteiger partial charge in [0.2, 0.25) is 0 Å². The SMILES string of the molecule is NOc1ccc(CNC(=O)OCC2CCc3ccccc3N2S(=O)(=O)c2ccc(Cl)cc2)cc1. The highest BCUT2D eigenvalue weighted by Crippen LogP contribution is 2.35. The van der Waals surface area contributed by atoms with E-state index in [4.69, 9.17) is 22.2 Å². The van der Waals surface area contributed by atoms with Gasteiger partial charge in [0.15, 0.2) is 0 Å². The van der Waals surface area contributed by atoms with Crippen LogP contribution in [0.25, 0.3) is 0 Å². The molecule has 10 heteroatoms. The quantitative estimate of drug-likeness (QED) is 0.473. The zero-order valence-corrected chi connectivity index (χ0v) is 19.8. The highest BCUT2D eigenvalue weighted by Gasteiger charge is 2.36. The molecule has 0 saturated carbocycles. The van der Waals surface area contributed by atoms with Gasteiger partial charge in [-0.05, 0) is 66.4 Å². The molecular weight excluding hydrogens is 478 g/mol. The lowest BCUT2D eigenvalue weighted by Crippen LogP contribution is -2.47. The zero-order valence-electron chi connectivity index (χ0n) is 18.2. The summed E-state index contributed by atoms with van der Waals surface area (Å²) in [7, 11) is -3.91. The molecule has 4 rings (SSSR count). The predicted octanol–water partition coefficient (Wildman–Crippen LogP) is 4.03. The first kappa shape index (κ1) is 23.9. The van der Waals surface area contributed by atoms with E-state index in [2.05, 4.69) is 10.2 Å². The van der Waals surface area contributed by atoms with Crippen molar-refractivity contribution < 1.29 is 22.8 Å². The number of hydrogen-bond donors (Lipinski definition) is 2. The van der Waals surface area contributed by atoms with Gasteiger partial charge in [-0.25, -0.2) is 13.2 Å². The molecule has 0 aliphatic carbocycles. The largest absolute Gasteiger partial charge is 0.447 e. The van der Waals surface area contributed by atoms with Crippen LogP contribution in [-0.2, 0) is 27.7 Å². The van der Waals surface area contributed by atoms with Crippen molar-refractivity contribution in [1.82, 2.24) is 5.32 Å². The second-order valence-electron chi connectivity index (χ2n) is 7.79. The molecule has 0 spiro atoms. The van der Waals surface area contributed by atoms with Crippen molar-refractivity contribution in [3.8, 4) is 5.75 Å². The molecule has 3 aromatic rings. The molecular formula is C24H24ClN3O5S. The Bertz CT molecular complexity index is 1250. The van der Waals surface area contributed by atoms with Crippen molar-refractivity contribution in [2.24, 2.45) is 5.90 Å². The smallest absolute Gasteiger partial charge is 0.407 e. The van der Waals surface area contributed by atoms with Crippen molar-refractivity contribution in [2.45, 2.75) is 30.3 Å². The number of anilines is 1. The zero-order chi connectivity index (χ0) is 24.1. The summed E-state index contributed by atoms with van der Waals surface area (Å²) < 4.78 is 34.0. The maximum absolute atomic E-state index is 13.6. The summed E-state index contributed by atoms with van der Waals surface area (Å²) in [6.07, 6.45) is 0.549. The number of carbonyl (C=O) groups excluding carboxylic acids is 1. The van der Waals surface area contributed by atoms with E-state index < -0.39 is 22.2 Å². The third kappa shape index (κ3) is 5.27. The van der Waals surface area contributed by atoms with E-state index >= 15 is 0 Å². The first-order valence-electron chi connectivity index (χ1n) is 10.6. The number of alkyl carbamates (subject to hydrolysis) is 1. The number of nitrogens with two attached hydrogens (primary N) is 1. The number of ether oxygens (including phenoxy) is 1. The van der Waals surface area contributed by atoms with Gasteiger partial charge >= 0.3 is 6.09 Å². The van der Waals surface area contributed by atoms with E-state index in [9.17, 15) is 13.2 Å². The number of rotatable bonds is 7. The van der Waals surface area contributed by atoms with E-state index in [1.54, 1.807) is 36.4 Å². The van der Waals surface area contributed by atoms with Gasteiger partial charge in [-0.2, -0.15) is 5.90 Å². The van der Waals surface area contributed by atoms with Gasteiger partial charge in [0.1, 0.15) is 12.4 Å². The third-order valence-corrected chi connectivity index (χ3v) is 7.71. The average molecular weight is 502 g/mol. The minimum atomic E-state index is -3.91. The molecule has 1 heterocycles. The van der Waals surface area contributed by atoms with E-state index in [-0.39, 0.29) is 18.0 Å². The Kier molecular flexibility index (Phi) is 7.26. The Labute approximate surface area is 203 Å². The molecule has 0 fully saturated rings. The van der Waals surface area contributed by atoms with Crippen LogP contribution in [0.2, 0.25) is 5.02 Å². The molecule has 1 unspecified atom stereocenters. The Morgan fingerprint density at radius 2 is 1.76 bits per heavy atom. The van der Waals surface area contributed by atoms with Crippen LogP contribution in [0, 0.1) is 0 Å². The van der Waals surface area contributed by atoms with Crippen LogP contribution in [0.3, 0.4) is 0 Å². The maximum Gasteiger partial charge on any atom is 0.407 e. The molecule has 8 nitrogen and oxygen atoms in total. The lowest BCUT2D eigenvalue weighted by atomic mass is 9.98. The summed E-state index contributed by atoms with van der Waals surface area (Å²) in [6, 6.07) is 19.7. The molecule has 34 heavy (non-hydrogen) atoms. The molecule has 0 bridgehead atoms. The number of fused-ring (bicyclic) bond motifs is 1. The van der Waals surface area contributed by atoms with E-state index in [0.717, 1.165) is 11.1 Å². The van der Waals surface area contributed by atoms with Crippen molar-refractivity contribution in [3.63, 3.8) is 0 Å². The normalized spacial score (nSPS) is 15.4. The lowest BCUT2D eigenvalue weighted by molar-refractivity contribution is 0.137. The Hall–Kier alpha value is -3.27. The van der Waals surface area contributed by atoms with Crippen molar-refractivity contribution in [3.05, 3.63) is 88.9 Å². The Morgan fingerprint density at radius 1 is 1.06 bits per heavy atom. The molecule has 1 aliphatic rings. The minimum absolute atomic E-state index is 0.0903. The molecule has 3 aromatic carbocycles. The van der Waals surface area contributed by atoms with Gasteiger partial charge in [-0.3, -0.25) is 4.31 Å². The Morgan fingerprint density at radius 3 is 2.47 bits per heavy atom. The summed E-state index contributed by atoms with van der Waals surface area (Å²) in [6.45, 7) is 0.150. The van der Waals surface area contributed by atoms with Crippen LogP contribution in [0.5, 0.6) is 5.75 Å². The van der Waals surface area contributed by atoms with Crippen LogP contribution < -0.4 is 20.4 Å². The second kappa shape index (κ2) is 10.3. The lowest BCUT2D eigenvalue weighted by Gasteiger charge is -2.37. The number of halogens is 1. The van der Waals surface area contributed by atoms with Crippen LogP contribution in [-0.4, -0.2) is 27.2 Å². The van der Waals surface area contributed by atoms with Gasteiger partial charge in [0, 0.05) is 11.6 Å². The molecule has 178 valence electrons. The third-order valence-electron chi connectivity index (χ3n) is 5.58. The number of nitrogens with one attached hydrogen (secondary N) is 1. The first-order valence-corrected chi connectivity index (χ1v) is 12.4. The van der Waals surface area contributed by atoms with Crippen molar-refractivity contribution >= 4 is 33.4 Å².